The van der Waals surface area contributed by atoms with Gasteiger partial charge in [-0.3, -0.25) is 9.59 Å². The highest BCUT2D eigenvalue weighted by Gasteiger charge is 2.14. The van der Waals surface area contributed by atoms with E-state index in [2.05, 4.69) is 15.8 Å². The lowest BCUT2D eigenvalue weighted by molar-refractivity contribution is 0.0956. The van der Waals surface area contributed by atoms with Crippen LogP contribution in [-0.4, -0.2) is 18.0 Å². The predicted octanol–water partition coefficient (Wildman–Crippen LogP) is 3.96. The van der Waals surface area contributed by atoms with Crippen LogP contribution in [0.3, 0.4) is 0 Å². The summed E-state index contributed by atoms with van der Waals surface area (Å²) in [6.45, 7) is 0. The smallest absolute Gasteiger partial charge is 0.291 e. The van der Waals surface area contributed by atoms with E-state index in [4.69, 9.17) is 4.42 Å². The molecule has 0 bridgehead atoms. The second-order valence-electron chi connectivity index (χ2n) is 5.47. The molecule has 0 spiro atoms. The molecule has 0 saturated carbocycles. The van der Waals surface area contributed by atoms with Gasteiger partial charge in [0.05, 0.1) is 17.5 Å². The highest BCUT2D eigenvalue weighted by Crippen LogP contribution is 2.16. The lowest BCUT2D eigenvalue weighted by atomic mass is 10.1. The third-order valence-corrected chi connectivity index (χ3v) is 3.58. The molecule has 6 heteroatoms. The van der Waals surface area contributed by atoms with E-state index in [0.717, 1.165) is 5.56 Å². The third kappa shape index (κ3) is 5.02. The maximum atomic E-state index is 12.3. The summed E-state index contributed by atoms with van der Waals surface area (Å²) >= 11 is 0. The first-order valence-corrected chi connectivity index (χ1v) is 8.23. The number of nitrogens with one attached hydrogen (secondary N) is 2. The van der Waals surface area contributed by atoms with Crippen LogP contribution >= 0.6 is 0 Å². The van der Waals surface area contributed by atoms with Crippen molar-refractivity contribution in [3.8, 4) is 0 Å². The average molecular weight is 359 g/mol. The maximum Gasteiger partial charge on any atom is 0.291 e. The van der Waals surface area contributed by atoms with E-state index in [9.17, 15) is 9.59 Å². The second kappa shape index (κ2) is 8.96. The molecule has 134 valence electrons. The van der Waals surface area contributed by atoms with Crippen LogP contribution in [0.15, 0.2) is 88.6 Å². The zero-order valence-corrected chi connectivity index (χ0v) is 14.3. The molecule has 1 aromatic heterocycles. The van der Waals surface area contributed by atoms with Crippen LogP contribution in [0.1, 0.15) is 26.5 Å². The lowest BCUT2D eigenvalue weighted by Gasteiger charge is -2.08. The number of hydrogen-bond donors (Lipinski definition) is 2. The van der Waals surface area contributed by atoms with Gasteiger partial charge in [-0.2, -0.15) is 5.10 Å². The van der Waals surface area contributed by atoms with Crippen molar-refractivity contribution in [1.29, 1.82) is 0 Å². The summed E-state index contributed by atoms with van der Waals surface area (Å²) in [5, 5.41) is 6.55. The fourth-order valence-corrected chi connectivity index (χ4v) is 2.30. The molecule has 0 radical (unpaired) electrons. The van der Waals surface area contributed by atoms with Gasteiger partial charge in [-0.15, -0.1) is 0 Å². The number of allylic oxidation sites excluding steroid dienone is 1. The summed E-state index contributed by atoms with van der Waals surface area (Å²) < 4.78 is 5.05. The van der Waals surface area contributed by atoms with Gasteiger partial charge in [0.2, 0.25) is 0 Å². The van der Waals surface area contributed by atoms with Crippen LogP contribution in [0.25, 0.3) is 6.08 Å². The van der Waals surface area contributed by atoms with Crippen molar-refractivity contribution in [2.75, 3.05) is 5.32 Å². The fourth-order valence-electron chi connectivity index (χ4n) is 2.30. The number of hydrazone groups is 1. The molecule has 0 saturated heterocycles. The molecule has 2 amide bonds. The molecule has 0 atom stereocenters. The normalized spacial score (nSPS) is 11.0. The molecule has 0 fully saturated rings. The van der Waals surface area contributed by atoms with Gasteiger partial charge in [-0.05, 0) is 35.9 Å². The largest absolute Gasteiger partial charge is 0.459 e. The zero-order chi connectivity index (χ0) is 18.9. The summed E-state index contributed by atoms with van der Waals surface area (Å²) in [5.41, 5.74) is 4.13. The molecule has 3 aromatic rings. The van der Waals surface area contributed by atoms with Crippen molar-refractivity contribution in [2.24, 2.45) is 5.10 Å². The standard InChI is InChI=1S/C21H17N3O3/c25-20(24-22-14-6-10-16-8-2-1-3-9-16)17-11-4-5-12-18(17)23-21(26)19-13-7-15-27-19/h1-15H,(H,23,26)(H,24,25)/b10-6+,22-14-. The molecule has 0 aliphatic rings. The molecule has 3 rings (SSSR count). The van der Waals surface area contributed by atoms with Gasteiger partial charge >= 0.3 is 0 Å². The molecule has 27 heavy (non-hydrogen) atoms. The first kappa shape index (κ1) is 17.9. The van der Waals surface area contributed by atoms with Crippen LogP contribution in [-0.2, 0) is 0 Å². The van der Waals surface area contributed by atoms with Crippen molar-refractivity contribution in [1.82, 2.24) is 5.43 Å². The zero-order valence-electron chi connectivity index (χ0n) is 14.3. The van der Waals surface area contributed by atoms with Gasteiger partial charge in [-0.25, -0.2) is 5.43 Å². The Hall–Kier alpha value is -3.93. The summed E-state index contributed by atoms with van der Waals surface area (Å²) in [4.78, 5) is 24.5. The first-order valence-electron chi connectivity index (χ1n) is 8.23. The highest BCUT2D eigenvalue weighted by molar-refractivity contribution is 6.07. The Balaban J connectivity index is 1.62. The van der Waals surface area contributed by atoms with Crippen LogP contribution in [0.5, 0.6) is 0 Å². The number of benzene rings is 2. The van der Waals surface area contributed by atoms with E-state index < -0.39 is 11.8 Å². The summed E-state index contributed by atoms with van der Waals surface area (Å²) in [6, 6.07) is 19.6. The Labute approximate surface area is 156 Å². The van der Waals surface area contributed by atoms with Crippen LogP contribution in [0, 0.1) is 0 Å². The molecule has 6 nitrogen and oxygen atoms in total. The molecule has 2 N–H and O–H groups in total. The van der Waals surface area contributed by atoms with Gasteiger partial charge in [-0.1, -0.05) is 48.5 Å². The summed E-state index contributed by atoms with van der Waals surface area (Å²) in [7, 11) is 0. The molecular formula is C21H17N3O3. The number of carbonyl (C=O) groups excluding carboxylic acids is 2. The number of amides is 2. The predicted molar refractivity (Wildman–Crippen MR) is 105 cm³/mol. The highest BCUT2D eigenvalue weighted by atomic mass is 16.3. The Morgan fingerprint density at radius 2 is 1.67 bits per heavy atom. The molecule has 0 unspecified atom stereocenters. The SMILES string of the molecule is O=C(Nc1ccccc1C(=O)N/N=C\C=C\c1ccccc1)c1ccco1. The van der Waals surface area contributed by atoms with E-state index in [0.29, 0.717) is 11.3 Å². The van der Waals surface area contributed by atoms with E-state index >= 15 is 0 Å². The quantitative estimate of drug-likeness (QED) is 0.516. The number of rotatable bonds is 6. The van der Waals surface area contributed by atoms with E-state index in [-0.39, 0.29) is 5.76 Å². The topological polar surface area (TPSA) is 83.7 Å². The Morgan fingerprint density at radius 3 is 2.44 bits per heavy atom. The molecule has 0 aliphatic carbocycles. The van der Waals surface area contributed by atoms with Crippen molar-refractivity contribution < 1.29 is 14.0 Å². The Bertz CT molecular complexity index is 961. The third-order valence-electron chi connectivity index (χ3n) is 3.58. The molecule has 0 aliphatic heterocycles. The summed E-state index contributed by atoms with van der Waals surface area (Å²) in [5.74, 6) is -0.710. The minimum Gasteiger partial charge on any atom is -0.459 e. The number of furan rings is 1. The van der Waals surface area contributed by atoms with Crippen molar-refractivity contribution in [3.63, 3.8) is 0 Å². The van der Waals surface area contributed by atoms with E-state index in [1.54, 1.807) is 42.5 Å². The van der Waals surface area contributed by atoms with Gasteiger partial charge in [0.1, 0.15) is 0 Å². The summed E-state index contributed by atoms with van der Waals surface area (Å²) in [6.07, 6.45) is 6.48. The van der Waals surface area contributed by atoms with Crippen LogP contribution in [0.2, 0.25) is 0 Å². The molecule has 1 heterocycles. The second-order valence-corrected chi connectivity index (χ2v) is 5.47. The molecular weight excluding hydrogens is 342 g/mol. The van der Waals surface area contributed by atoms with Gasteiger partial charge in [0, 0.05) is 6.21 Å². The minimum atomic E-state index is -0.436. The van der Waals surface area contributed by atoms with Crippen molar-refractivity contribution in [2.45, 2.75) is 0 Å². The number of nitrogens with zero attached hydrogens (tertiary/aromatic N) is 1. The fraction of sp³-hybridized carbons (Fsp3) is 0. The monoisotopic (exact) mass is 359 g/mol. The van der Waals surface area contributed by atoms with Crippen LogP contribution < -0.4 is 10.7 Å². The van der Waals surface area contributed by atoms with Gasteiger partial charge in [0.15, 0.2) is 5.76 Å². The lowest BCUT2D eigenvalue weighted by Crippen LogP contribution is -2.21. The van der Waals surface area contributed by atoms with Gasteiger partial charge in [0.25, 0.3) is 11.8 Å². The minimum absolute atomic E-state index is 0.161. The average Bonchev–Trinajstić information content (AvgIpc) is 3.24. The maximum absolute atomic E-state index is 12.3. The Kier molecular flexibility index (Phi) is 5.93. The number of para-hydroxylation sites is 1. The van der Waals surface area contributed by atoms with Crippen LogP contribution in [0.4, 0.5) is 5.69 Å². The van der Waals surface area contributed by atoms with E-state index in [1.165, 1.54) is 12.5 Å². The first-order chi connectivity index (χ1) is 13.2. The molecule has 2 aromatic carbocycles. The Morgan fingerprint density at radius 1 is 0.889 bits per heavy atom. The number of hydrogen-bond acceptors (Lipinski definition) is 4. The van der Waals surface area contributed by atoms with Gasteiger partial charge < -0.3 is 9.73 Å². The number of carbonyl (C=O) groups is 2. The number of anilines is 1. The van der Waals surface area contributed by atoms with E-state index in [1.807, 2.05) is 36.4 Å². The van der Waals surface area contributed by atoms with Crippen molar-refractivity contribution in [3.05, 3.63) is 96.0 Å². The van der Waals surface area contributed by atoms with Crippen molar-refractivity contribution >= 4 is 29.8 Å².